The number of benzene rings is 2. The van der Waals surface area contributed by atoms with Crippen molar-refractivity contribution in [2.24, 2.45) is 5.84 Å². The van der Waals surface area contributed by atoms with Crippen molar-refractivity contribution in [3.63, 3.8) is 0 Å². The molecule has 0 radical (unpaired) electrons. The van der Waals surface area contributed by atoms with E-state index < -0.39 is 0 Å². The molecule has 2 rings (SSSR count). The van der Waals surface area contributed by atoms with Crippen LogP contribution in [-0.4, -0.2) is 5.49 Å². The van der Waals surface area contributed by atoms with Crippen LogP contribution >= 0.6 is 23.8 Å². The maximum Gasteiger partial charge on any atom is 0.127 e. The van der Waals surface area contributed by atoms with E-state index in [-0.39, 0.29) is 0 Å². The van der Waals surface area contributed by atoms with E-state index >= 15 is 0 Å². The molecule has 0 bridgehead atoms. The third-order valence-electron chi connectivity index (χ3n) is 2.30. The lowest BCUT2D eigenvalue weighted by atomic mass is 10.3. The van der Waals surface area contributed by atoms with Crippen molar-refractivity contribution < 1.29 is 4.74 Å². The van der Waals surface area contributed by atoms with E-state index in [1.165, 1.54) is 10.5 Å². The van der Waals surface area contributed by atoms with Gasteiger partial charge in [-0.2, -0.15) is 0 Å². The number of nitrogens with two attached hydrogens (primary N) is 1. The summed E-state index contributed by atoms with van der Waals surface area (Å²) in [6.45, 7) is 0. The molecule has 0 fully saturated rings. The van der Waals surface area contributed by atoms with Crippen molar-refractivity contribution >= 4 is 35.0 Å². The summed E-state index contributed by atoms with van der Waals surface area (Å²) in [4.78, 5) is 0. The molecule has 5 heteroatoms. The molecule has 0 unspecified atom stereocenters. The largest absolute Gasteiger partial charge is 0.457 e. The van der Waals surface area contributed by atoms with Crippen LogP contribution in [0, 0.1) is 0 Å². The van der Waals surface area contributed by atoms with Crippen LogP contribution in [0.3, 0.4) is 0 Å². The summed E-state index contributed by atoms with van der Waals surface area (Å²) in [6.07, 6.45) is 0. The van der Waals surface area contributed by atoms with E-state index in [9.17, 15) is 0 Å². The van der Waals surface area contributed by atoms with Crippen LogP contribution in [0.2, 0.25) is 5.02 Å². The van der Waals surface area contributed by atoms with Gasteiger partial charge in [-0.1, -0.05) is 23.8 Å². The predicted molar refractivity (Wildman–Crippen MR) is 78.3 cm³/mol. The van der Waals surface area contributed by atoms with Gasteiger partial charge in [0.1, 0.15) is 11.5 Å². The van der Waals surface area contributed by atoms with E-state index in [4.69, 9.17) is 34.4 Å². The maximum absolute atomic E-state index is 5.80. The fourth-order valence-electron chi connectivity index (χ4n) is 1.39. The second-order valence-corrected chi connectivity index (χ2v) is 4.21. The molecule has 92 valence electrons. The lowest BCUT2D eigenvalue weighted by molar-refractivity contribution is 0.483. The zero-order valence-corrected chi connectivity index (χ0v) is 11.0. The average Bonchev–Trinajstić information content (AvgIpc) is 2.41. The molecule has 0 saturated carbocycles. The molecule has 2 aromatic carbocycles. The summed E-state index contributed by atoms with van der Waals surface area (Å²) < 4.78 is 5.65. The van der Waals surface area contributed by atoms with Gasteiger partial charge in [-0.15, -0.1) is 0 Å². The lowest BCUT2D eigenvalue weighted by Gasteiger charge is -2.12. The Labute approximate surface area is 116 Å². The predicted octanol–water partition coefficient (Wildman–Crippen LogP) is 3.77. The molecule has 0 aliphatic heterocycles. The minimum absolute atomic E-state index is 0.678. The summed E-state index contributed by atoms with van der Waals surface area (Å²) >= 11 is 10.5. The second-order valence-electron chi connectivity index (χ2n) is 3.56. The number of hydrazine groups is 1. The highest BCUT2D eigenvalue weighted by molar-refractivity contribution is 7.79. The maximum atomic E-state index is 5.80. The first-order chi connectivity index (χ1) is 8.69. The summed E-state index contributed by atoms with van der Waals surface area (Å²) in [5.41, 5.74) is 2.17. The summed E-state index contributed by atoms with van der Waals surface area (Å²) in [7, 11) is 0. The van der Waals surface area contributed by atoms with Crippen LogP contribution in [0.25, 0.3) is 0 Å². The third kappa shape index (κ3) is 3.20. The minimum Gasteiger partial charge on any atom is -0.457 e. The third-order valence-corrected chi connectivity index (χ3v) is 2.78. The van der Waals surface area contributed by atoms with Crippen LogP contribution in [-0.2, 0) is 0 Å². The van der Waals surface area contributed by atoms with Crippen molar-refractivity contribution in [1.29, 1.82) is 0 Å². The van der Waals surface area contributed by atoms with Crippen LogP contribution in [0.1, 0.15) is 0 Å². The van der Waals surface area contributed by atoms with Gasteiger partial charge >= 0.3 is 0 Å². The number of nitrogens with zero attached hydrogens (tertiary/aromatic N) is 1. The molecule has 0 aliphatic carbocycles. The fourth-order valence-corrected chi connectivity index (χ4v) is 1.63. The number of halogens is 1. The standard InChI is InChI=1S/C13H11ClN2OS/c14-10-1-5-12(6-2-10)17-13-7-3-11(4-8-13)16(15)9-18/h1-9H,15H2. The summed E-state index contributed by atoms with van der Waals surface area (Å²) in [6, 6.07) is 14.5. The van der Waals surface area contributed by atoms with E-state index in [0.29, 0.717) is 5.02 Å². The fraction of sp³-hybridized carbons (Fsp3) is 0. The zero-order valence-electron chi connectivity index (χ0n) is 9.42. The number of ether oxygens (including phenoxy) is 1. The van der Waals surface area contributed by atoms with Crippen LogP contribution < -0.4 is 15.6 Å². The Bertz CT molecular complexity index is 528. The first kappa shape index (κ1) is 12.8. The molecule has 2 N–H and O–H groups in total. The Hall–Kier alpha value is -1.62. The molecule has 0 atom stereocenters. The molecule has 0 aromatic heterocycles. The first-order valence-electron chi connectivity index (χ1n) is 5.22. The molecule has 3 nitrogen and oxygen atoms in total. The number of hydrogen-bond acceptors (Lipinski definition) is 3. The van der Waals surface area contributed by atoms with E-state index in [1.54, 1.807) is 12.1 Å². The van der Waals surface area contributed by atoms with Gasteiger partial charge in [-0.25, -0.2) is 5.84 Å². The minimum atomic E-state index is 0.678. The highest BCUT2D eigenvalue weighted by Gasteiger charge is 2.00. The van der Waals surface area contributed by atoms with Crippen molar-refractivity contribution in [2.75, 3.05) is 5.01 Å². The summed E-state index contributed by atoms with van der Waals surface area (Å²) in [5.74, 6) is 7.08. The van der Waals surface area contributed by atoms with Gasteiger partial charge in [0.15, 0.2) is 0 Å². The number of thiocarbonyl (C=S) groups is 1. The Morgan fingerprint density at radius 3 is 2.00 bits per heavy atom. The highest BCUT2D eigenvalue weighted by Crippen LogP contribution is 2.24. The van der Waals surface area contributed by atoms with Gasteiger partial charge < -0.3 is 4.74 Å². The number of hydrogen-bond donors (Lipinski definition) is 1. The normalized spacial score (nSPS) is 9.89. The molecule has 0 spiro atoms. The van der Waals surface area contributed by atoms with Gasteiger partial charge in [-0.05, 0) is 48.5 Å². The van der Waals surface area contributed by atoms with E-state index in [0.717, 1.165) is 17.2 Å². The molecule has 0 amide bonds. The topological polar surface area (TPSA) is 38.5 Å². The zero-order chi connectivity index (χ0) is 13.0. The highest BCUT2D eigenvalue weighted by atomic mass is 35.5. The molecule has 0 aliphatic rings. The van der Waals surface area contributed by atoms with Crippen molar-refractivity contribution in [3.05, 3.63) is 53.6 Å². The smallest absolute Gasteiger partial charge is 0.127 e. The van der Waals surface area contributed by atoms with Gasteiger partial charge in [0.2, 0.25) is 0 Å². The molecule has 0 heterocycles. The molecule has 0 saturated heterocycles. The lowest BCUT2D eigenvalue weighted by Crippen LogP contribution is -2.27. The van der Waals surface area contributed by atoms with Crippen molar-refractivity contribution in [2.45, 2.75) is 0 Å². The number of anilines is 1. The Morgan fingerprint density at radius 1 is 1.00 bits per heavy atom. The van der Waals surface area contributed by atoms with Crippen molar-refractivity contribution in [3.8, 4) is 11.5 Å². The Kier molecular flexibility index (Phi) is 4.15. The molecule has 18 heavy (non-hydrogen) atoms. The quantitative estimate of drug-likeness (QED) is 0.525. The Balaban J connectivity index is 2.10. The van der Waals surface area contributed by atoms with E-state index in [1.807, 2.05) is 36.4 Å². The van der Waals surface area contributed by atoms with Crippen LogP contribution in [0.5, 0.6) is 11.5 Å². The van der Waals surface area contributed by atoms with Crippen LogP contribution in [0.15, 0.2) is 48.5 Å². The monoisotopic (exact) mass is 278 g/mol. The SMILES string of the molecule is NN(C=S)c1ccc(Oc2ccc(Cl)cc2)cc1. The first-order valence-corrected chi connectivity index (χ1v) is 6.07. The van der Waals surface area contributed by atoms with Gasteiger partial charge in [-0.3, -0.25) is 5.01 Å². The van der Waals surface area contributed by atoms with Gasteiger partial charge in [0, 0.05) is 5.02 Å². The number of rotatable bonds is 4. The van der Waals surface area contributed by atoms with Gasteiger partial charge in [0.25, 0.3) is 0 Å². The average molecular weight is 279 g/mol. The molecular weight excluding hydrogens is 268 g/mol. The van der Waals surface area contributed by atoms with Crippen molar-refractivity contribution in [1.82, 2.24) is 0 Å². The molecule has 2 aromatic rings. The Morgan fingerprint density at radius 2 is 1.50 bits per heavy atom. The van der Waals surface area contributed by atoms with Gasteiger partial charge in [0.05, 0.1) is 11.2 Å². The molecular formula is C13H11ClN2OS. The second kappa shape index (κ2) is 5.82. The van der Waals surface area contributed by atoms with Crippen LogP contribution in [0.4, 0.5) is 5.69 Å². The summed E-state index contributed by atoms with van der Waals surface area (Å²) in [5, 5.41) is 2.04. The van der Waals surface area contributed by atoms with E-state index in [2.05, 4.69) is 0 Å².